The van der Waals surface area contributed by atoms with E-state index in [1.54, 1.807) is 0 Å². The fourth-order valence-electron chi connectivity index (χ4n) is 3.09. The van der Waals surface area contributed by atoms with E-state index in [1.807, 2.05) is 0 Å². The number of fused-ring (bicyclic) bond motifs is 1. The maximum atomic E-state index is 11.4. The third-order valence-electron chi connectivity index (χ3n) is 3.59. The van der Waals surface area contributed by atoms with Crippen LogP contribution in [0.3, 0.4) is 0 Å². The van der Waals surface area contributed by atoms with E-state index < -0.39 is 0 Å². The fraction of sp³-hybridized carbons (Fsp3) is 0.667. The molecule has 0 radical (unpaired) electrons. The van der Waals surface area contributed by atoms with Crippen LogP contribution in [0.25, 0.3) is 0 Å². The van der Waals surface area contributed by atoms with Gasteiger partial charge in [0.2, 0.25) is 11.6 Å². The van der Waals surface area contributed by atoms with Gasteiger partial charge in [0.15, 0.2) is 0 Å². The minimum absolute atomic E-state index is 0.0420. The SMILES string of the molecule is O=C1C(=O)C2CC3CC1C2C3=O. The van der Waals surface area contributed by atoms with Crippen molar-refractivity contribution >= 4 is 17.3 Å². The standard InChI is InChI=1S/C9H8O3/c10-7-3-1-4-6(7)5(2-3)9(12)8(4)11/h3-6H,1-2H2. The third-order valence-corrected chi connectivity index (χ3v) is 3.59. The van der Waals surface area contributed by atoms with Crippen LogP contribution >= 0.6 is 0 Å². The van der Waals surface area contributed by atoms with E-state index in [0.717, 1.165) is 0 Å². The smallest absolute Gasteiger partial charge is 0.202 e. The van der Waals surface area contributed by atoms with E-state index in [0.29, 0.717) is 12.8 Å². The Balaban J connectivity index is 2.16. The average Bonchev–Trinajstić information content (AvgIpc) is 2.59. The van der Waals surface area contributed by atoms with Gasteiger partial charge >= 0.3 is 0 Å². The Kier molecular flexibility index (Phi) is 0.911. The molecule has 3 fully saturated rings. The summed E-state index contributed by atoms with van der Waals surface area (Å²) in [5.41, 5.74) is 0. The molecule has 3 nitrogen and oxygen atoms in total. The van der Waals surface area contributed by atoms with Crippen LogP contribution in [0.5, 0.6) is 0 Å². The Labute approximate surface area is 69.1 Å². The normalized spacial score (nSPS) is 49.5. The highest BCUT2D eigenvalue weighted by atomic mass is 16.2. The highest BCUT2D eigenvalue weighted by molar-refractivity contribution is 6.43. The lowest BCUT2D eigenvalue weighted by Gasteiger charge is -2.11. The van der Waals surface area contributed by atoms with Gasteiger partial charge in [0.1, 0.15) is 5.78 Å². The molecule has 3 rings (SSSR count). The van der Waals surface area contributed by atoms with Crippen LogP contribution in [-0.4, -0.2) is 17.3 Å². The van der Waals surface area contributed by atoms with Gasteiger partial charge in [-0.15, -0.1) is 0 Å². The van der Waals surface area contributed by atoms with Crippen molar-refractivity contribution in [2.24, 2.45) is 23.7 Å². The zero-order valence-electron chi connectivity index (χ0n) is 6.45. The first-order valence-electron chi connectivity index (χ1n) is 4.32. The van der Waals surface area contributed by atoms with E-state index >= 15 is 0 Å². The summed E-state index contributed by atoms with van der Waals surface area (Å²) < 4.78 is 0. The van der Waals surface area contributed by atoms with E-state index in [4.69, 9.17) is 0 Å². The molecule has 2 atom stereocenters. The molecule has 0 aromatic heterocycles. The molecule has 3 aliphatic rings. The fourth-order valence-corrected chi connectivity index (χ4v) is 3.09. The first-order valence-corrected chi connectivity index (χ1v) is 4.32. The molecule has 0 amide bonds. The van der Waals surface area contributed by atoms with Crippen LogP contribution in [0.2, 0.25) is 0 Å². The third kappa shape index (κ3) is 0.472. The Morgan fingerprint density at radius 3 is 1.75 bits per heavy atom. The van der Waals surface area contributed by atoms with E-state index in [9.17, 15) is 14.4 Å². The molecular formula is C9H8O3. The lowest BCUT2D eigenvalue weighted by molar-refractivity contribution is -0.136. The molecule has 12 heavy (non-hydrogen) atoms. The highest BCUT2D eigenvalue weighted by Gasteiger charge is 2.64. The largest absolute Gasteiger partial charge is 0.299 e. The lowest BCUT2D eigenvalue weighted by Crippen LogP contribution is -2.14. The Morgan fingerprint density at radius 1 is 0.917 bits per heavy atom. The van der Waals surface area contributed by atoms with E-state index in [1.165, 1.54) is 0 Å². The van der Waals surface area contributed by atoms with Crippen molar-refractivity contribution in [2.75, 3.05) is 0 Å². The number of hydrogen-bond acceptors (Lipinski definition) is 3. The topological polar surface area (TPSA) is 51.2 Å². The molecule has 3 saturated carbocycles. The predicted octanol–water partition coefficient (Wildman–Crippen LogP) is -0.0205. The minimum Gasteiger partial charge on any atom is -0.299 e. The van der Waals surface area contributed by atoms with Gasteiger partial charge in [-0.05, 0) is 12.8 Å². The van der Waals surface area contributed by atoms with Crippen LogP contribution in [0, 0.1) is 23.7 Å². The Hall–Kier alpha value is -0.990. The molecule has 0 aromatic carbocycles. The van der Waals surface area contributed by atoms with Gasteiger partial charge < -0.3 is 0 Å². The maximum Gasteiger partial charge on any atom is 0.202 e. The Morgan fingerprint density at radius 2 is 1.42 bits per heavy atom. The highest BCUT2D eigenvalue weighted by Crippen LogP contribution is 2.54. The second kappa shape index (κ2) is 1.68. The average molecular weight is 164 g/mol. The predicted molar refractivity (Wildman–Crippen MR) is 38.2 cm³/mol. The van der Waals surface area contributed by atoms with Gasteiger partial charge in [-0.3, -0.25) is 14.4 Å². The van der Waals surface area contributed by atoms with Gasteiger partial charge in [0.25, 0.3) is 0 Å². The lowest BCUT2D eigenvalue weighted by atomic mass is 9.89. The molecule has 0 N–H and O–H groups in total. The van der Waals surface area contributed by atoms with Gasteiger partial charge in [-0.2, -0.15) is 0 Å². The van der Waals surface area contributed by atoms with Crippen molar-refractivity contribution in [1.82, 2.24) is 0 Å². The summed E-state index contributed by atoms with van der Waals surface area (Å²) >= 11 is 0. The van der Waals surface area contributed by atoms with Crippen LogP contribution in [-0.2, 0) is 14.4 Å². The van der Waals surface area contributed by atoms with Crippen molar-refractivity contribution in [1.29, 1.82) is 0 Å². The van der Waals surface area contributed by atoms with Gasteiger partial charge in [0.05, 0.1) is 0 Å². The molecule has 2 bridgehead atoms. The number of hydrogen-bond donors (Lipinski definition) is 0. The maximum absolute atomic E-state index is 11.4. The quantitative estimate of drug-likeness (QED) is 0.473. The van der Waals surface area contributed by atoms with E-state index in [-0.39, 0.29) is 41.0 Å². The van der Waals surface area contributed by atoms with Gasteiger partial charge in [0, 0.05) is 23.7 Å². The first-order chi connectivity index (χ1) is 5.70. The second-order valence-electron chi connectivity index (χ2n) is 4.04. The molecule has 0 aliphatic heterocycles. The zero-order valence-corrected chi connectivity index (χ0v) is 6.45. The molecular weight excluding hydrogens is 156 g/mol. The number of Topliss-reactive ketones (excluding diaryl/α,β-unsaturated/α-hetero) is 3. The second-order valence-corrected chi connectivity index (χ2v) is 4.04. The number of ketones is 3. The first kappa shape index (κ1) is 6.52. The van der Waals surface area contributed by atoms with Crippen molar-refractivity contribution < 1.29 is 14.4 Å². The summed E-state index contributed by atoms with van der Waals surface area (Å²) in [5.74, 6) is -0.932. The molecule has 0 aromatic rings. The molecule has 2 unspecified atom stereocenters. The van der Waals surface area contributed by atoms with Crippen molar-refractivity contribution in [3.8, 4) is 0 Å². The summed E-state index contributed by atoms with van der Waals surface area (Å²) in [6.07, 6.45) is 1.31. The van der Waals surface area contributed by atoms with Crippen molar-refractivity contribution in [3.05, 3.63) is 0 Å². The zero-order chi connectivity index (χ0) is 8.46. The summed E-state index contributed by atoms with van der Waals surface area (Å²) in [6.45, 7) is 0. The number of carbonyl (C=O) groups is 3. The van der Waals surface area contributed by atoms with E-state index in [2.05, 4.69) is 0 Å². The molecule has 3 heteroatoms. The minimum atomic E-state index is -0.265. The van der Waals surface area contributed by atoms with Gasteiger partial charge in [-0.1, -0.05) is 0 Å². The monoisotopic (exact) mass is 164 g/mol. The Bertz CT molecular complexity index is 294. The summed E-state index contributed by atoms with van der Waals surface area (Å²) in [5, 5.41) is 0. The summed E-state index contributed by atoms with van der Waals surface area (Å²) in [6, 6.07) is 0. The summed E-state index contributed by atoms with van der Waals surface area (Å²) in [7, 11) is 0. The number of rotatable bonds is 0. The molecule has 0 spiro atoms. The van der Waals surface area contributed by atoms with Crippen LogP contribution < -0.4 is 0 Å². The molecule has 0 saturated heterocycles. The summed E-state index contributed by atoms with van der Waals surface area (Å²) in [4.78, 5) is 34.0. The molecule has 3 aliphatic carbocycles. The van der Waals surface area contributed by atoms with Crippen LogP contribution in [0.4, 0.5) is 0 Å². The van der Waals surface area contributed by atoms with Crippen LogP contribution in [0.1, 0.15) is 12.8 Å². The number of carbonyl (C=O) groups excluding carboxylic acids is 3. The van der Waals surface area contributed by atoms with Gasteiger partial charge in [-0.25, -0.2) is 0 Å². The van der Waals surface area contributed by atoms with Crippen molar-refractivity contribution in [3.63, 3.8) is 0 Å². The molecule has 62 valence electrons. The van der Waals surface area contributed by atoms with Crippen LogP contribution in [0.15, 0.2) is 0 Å². The molecule has 0 heterocycles. The van der Waals surface area contributed by atoms with Crippen molar-refractivity contribution in [2.45, 2.75) is 12.8 Å².